The molecule has 0 unspecified atom stereocenters. The van der Waals surface area contributed by atoms with Gasteiger partial charge in [0.15, 0.2) is 0 Å². The molecule has 1 aliphatic carbocycles. The average Bonchev–Trinajstić information content (AvgIpc) is 2.57. The second kappa shape index (κ2) is 4.06. The Morgan fingerprint density at radius 1 is 1.67 bits per heavy atom. The van der Waals surface area contributed by atoms with Crippen molar-refractivity contribution in [3.05, 3.63) is 23.7 Å². The lowest BCUT2D eigenvalue weighted by Gasteiger charge is -2.32. The molecule has 0 atom stereocenters. The maximum atomic E-state index is 11.7. The Bertz CT molecular complexity index is 353. The number of carbonyl (C=O) groups excluding carboxylic acids is 1. The third-order valence-electron chi connectivity index (χ3n) is 2.93. The van der Waals surface area contributed by atoms with E-state index < -0.39 is 0 Å². The summed E-state index contributed by atoms with van der Waals surface area (Å²) < 4.78 is 5.07. The first-order valence-corrected chi connectivity index (χ1v) is 5.24. The Kier molecular flexibility index (Phi) is 2.77. The van der Waals surface area contributed by atoms with Crippen LogP contribution in [-0.2, 0) is 0 Å². The van der Waals surface area contributed by atoms with Crippen LogP contribution in [0.15, 0.2) is 16.7 Å². The van der Waals surface area contributed by atoms with Gasteiger partial charge < -0.3 is 15.5 Å². The number of hydrogen-bond donors (Lipinski definition) is 2. The van der Waals surface area contributed by atoms with Gasteiger partial charge in [0.2, 0.25) is 0 Å². The van der Waals surface area contributed by atoms with E-state index in [0.717, 1.165) is 19.4 Å². The van der Waals surface area contributed by atoms with E-state index in [0.29, 0.717) is 23.3 Å². The molecule has 3 N–H and O–H groups in total. The van der Waals surface area contributed by atoms with Crippen molar-refractivity contribution in [1.29, 1.82) is 0 Å². The van der Waals surface area contributed by atoms with Crippen LogP contribution in [0.3, 0.4) is 0 Å². The summed E-state index contributed by atoms with van der Waals surface area (Å²) in [4.78, 5) is 11.7. The minimum atomic E-state index is -0.0540. The molecule has 82 valence electrons. The fourth-order valence-corrected chi connectivity index (χ4v) is 1.91. The van der Waals surface area contributed by atoms with Crippen LogP contribution in [0.25, 0.3) is 0 Å². The van der Waals surface area contributed by atoms with Gasteiger partial charge in [-0.05, 0) is 31.7 Å². The molecule has 0 spiro atoms. The summed E-state index contributed by atoms with van der Waals surface area (Å²) in [5.41, 5.74) is 6.29. The highest BCUT2D eigenvalue weighted by Gasteiger charge is 2.26. The highest BCUT2D eigenvalue weighted by Crippen LogP contribution is 2.24. The quantitative estimate of drug-likeness (QED) is 0.780. The van der Waals surface area contributed by atoms with E-state index in [-0.39, 0.29) is 5.91 Å². The largest absolute Gasteiger partial charge is 0.469 e. The maximum Gasteiger partial charge on any atom is 0.254 e. The smallest absolute Gasteiger partial charge is 0.254 e. The number of carbonyl (C=O) groups is 1. The van der Waals surface area contributed by atoms with Crippen LogP contribution in [0.4, 0.5) is 0 Å². The molecule has 15 heavy (non-hydrogen) atoms. The summed E-state index contributed by atoms with van der Waals surface area (Å²) in [7, 11) is 0. The number of rotatable bonds is 3. The summed E-state index contributed by atoms with van der Waals surface area (Å²) in [5, 5.41) is 2.89. The highest BCUT2D eigenvalue weighted by atomic mass is 16.3. The van der Waals surface area contributed by atoms with E-state index >= 15 is 0 Å². The topological polar surface area (TPSA) is 68.3 Å². The molecule has 0 bridgehead atoms. The molecule has 2 rings (SSSR count). The van der Waals surface area contributed by atoms with Crippen molar-refractivity contribution in [1.82, 2.24) is 5.32 Å². The molecule has 1 aromatic heterocycles. The molecule has 1 aliphatic rings. The van der Waals surface area contributed by atoms with Gasteiger partial charge >= 0.3 is 0 Å². The van der Waals surface area contributed by atoms with Gasteiger partial charge in [-0.15, -0.1) is 0 Å². The Morgan fingerprint density at radius 2 is 2.40 bits per heavy atom. The molecule has 1 fully saturated rings. The van der Waals surface area contributed by atoms with Crippen molar-refractivity contribution in [3.8, 4) is 0 Å². The summed E-state index contributed by atoms with van der Waals surface area (Å²) in [6, 6.07) is 2.03. The van der Waals surface area contributed by atoms with Gasteiger partial charge in [-0.25, -0.2) is 0 Å². The van der Waals surface area contributed by atoms with E-state index in [1.165, 1.54) is 6.26 Å². The SMILES string of the molecule is Cc1occc1C(=O)NCC1CC(N)C1. The van der Waals surface area contributed by atoms with Crippen molar-refractivity contribution in [2.24, 2.45) is 11.7 Å². The van der Waals surface area contributed by atoms with Crippen LogP contribution in [0.5, 0.6) is 0 Å². The number of furan rings is 1. The zero-order chi connectivity index (χ0) is 10.8. The van der Waals surface area contributed by atoms with Crippen LogP contribution in [0.2, 0.25) is 0 Å². The van der Waals surface area contributed by atoms with E-state index in [4.69, 9.17) is 10.2 Å². The average molecular weight is 208 g/mol. The molecular formula is C11H16N2O2. The molecule has 4 nitrogen and oxygen atoms in total. The fraction of sp³-hybridized carbons (Fsp3) is 0.545. The molecule has 1 heterocycles. The third-order valence-corrected chi connectivity index (χ3v) is 2.93. The van der Waals surface area contributed by atoms with Crippen LogP contribution in [0.1, 0.15) is 29.0 Å². The predicted octanol–water partition coefficient (Wildman–Crippen LogP) is 1.06. The van der Waals surface area contributed by atoms with Crippen molar-refractivity contribution in [3.63, 3.8) is 0 Å². The highest BCUT2D eigenvalue weighted by molar-refractivity contribution is 5.95. The minimum absolute atomic E-state index is 0.0540. The second-order valence-electron chi connectivity index (χ2n) is 4.20. The van der Waals surface area contributed by atoms with Crippen molar-refractivity contribution >= 4 is 5.91 Å². The Balaban J connectivity index is 1.80. The molecule has 1 amide bonds. The zero-order valence-electron chi connectivity index (χ0n) is 8.82. The molecule has 1 saturated carbocycles. The normalized spacial score (nSPS) is 24.7. The molecule has 0 radical (unpaired) electrons. The van der Waals surface area contributed by atoms with Crippen molar-refractivity contribution in [2.75, 3.05) is 6.54 Å². The summed E-state index contributed by atoms with van der Waals surface area (Å²) in [6.07, 6.45) is 3.57. The molecule has 0 aliphatic heterocycles. The summed E-state index contributed by atoms with van der Waals surface area (Å²) >= 11 is 0. The molecular weight excluding hydrogens is 192 g/mol. The lowest BCUT2D eigenvalue weighted by molar-refractivity contribution is 0.0934. The van der Waals surface area contributed by atoms with Crippen LogP contribution in [0, 0.1) is 12.8 Å². The summed E-state index contributed by atoms with van der Waals surface area (Å²) in [6.45, 7) is 2.51. The Morgan fingerprint density at radius 3 is 2.93 bits per heavy atom. The van der Waals surface area contributed by atoms with Gasteiger partial charge in [0, 0.05) is 12.6 Å². The number of nitrogens with one attached hydrogen (secondary N) is 1. The first-order chi connectivity index (χ1) is 7.16. The predicted molar refractivity (Wildman–Crippen MR) is 56.5 cm³/mol. The number of amides is 1. The molecule has 1 aromatic rings. The fourth-order valence-electron chi connectivity index (χ4n) is 1.91. The first-order valence-electron chi connectivity index (χ1n) is 5.24. The van der Waals surface area contributed by atoms with Gasteiger partial charge in [-0.2, -0.15) is 0 Å². The minimum Gasteiger partial charge on any atom is -0.469 e. The molecule has 4 heteroatoms. The van der Waals surface area contributed by atoms with Crippen LogP contribution in [-0.4, -0.2) is 18.5 Å². The molecule has 0 aromatic carbocycles. The summed E-state index contributed by atoms with van der Waals surface area (Å²) in [5.74, 6) is 1.16. The van der Waals surface area contributed by atoms with Gasteiger partial charge in [-0.1, -0.05) is 0 Å². The standard InChI is InChI=1S/C11H16N2O2/c1-7-10(2-3-15-7)11(14)13-6-8-4-9(12)5-8/h2-3,8-9H,4-6,12H2,1H3,(H,13,14). The van der Waals surface area contributed by atoms with E-state index in [2.05, 4.69) is 5.32 Å². The zero-order valence-corrected chi connectivity index (χ0v) is 8.82. The Hall–Kier alpha value is -1.29. The monoisotopic (exact) mass is 208 g/mol. The third kappa shape index (κ3) is 2.21. The second-order valence-corrected chi connectivity index (χ2v) is 4.20. The number of nitrogens with two attached hydrogens (primary N) is 1. The van der Waals surface area contributed by atoms with Crippen LogP contribution >= 0.6 is 0 Å². The van der Waals surface area contributed by atoms with Gasteiger partial charge in [0.1, 0.15) is 5.76 Å². The Labute approximate surface area is 88.8 Å². The lowest BCUT2D eigenvalue weighted by Crippen LogP contribution is -2.42. The van der Waals surface area contributed by atoms with Gasteiger partial charge in [0.25, 0.3) is 5.91 Å². The van der Waals surface area contributed by atoms with Crippen molar-refractivity contribution in [2.45, 2.75) is 25.8 Å². The van der Waals surface area contributed by atoms with E-state index in [1.807, 2.05) is 0 Å². The maximum absolute atomic E-state index is 11.7. The number of aryl methyl sites for hydroxylation is 1. The molecule has 0 saturated heterocycles. The van der Waals surface area contributed by atoms with E-state index in [1.54, 1.807) is 13.0 Å². The first kappa shape index (κ1) is 10.2. The van der Waals surface area contributed by atoms with Crippen LogP contribution < -0.4 is 11.1 Å². The number of hydrogen-bond acceptors (Lipinski definition) is 3. The van der Waals surface area contributed by atoms with Gasteiger partial charge in [-0.3, -0.25) is 4.79 Å². The van der Waals surface area contributed by atoms with Gasteiger partial charge in [0.05, 0.1) is 11.8 Å². The van der Waals surface area contributed by atoms with E-state index in [9.17, 15) is 4.79 Å². The van der Waals surface area contributed by atoms with Crippen molar-refractivity contribution < 1.29 is 9.21 Å². The lowest BCUT2D eigenvalue weighted by atomic mass is 9.81.